The normalized spacial score (nSPS) is 26.1. The van der Waals surface area contributed by atoms with Gasteiger partial charge in [0.15, 0.2) is 0 Å². The predicted molar refractivity (Wildman–Crippen MR) is 143 cm³/mol. The van der Waals surface area contributed by atoms with E-state index < -0.39 is 29.8 Å². The Morgan fingerprint density at radius 2 is 2.02 bits per heavy atom. The molecule has 2 aliphatic heterocycles. The van der Waals surface area contributed by atoms with Gasteiger partial charge in [-0.1, -0.05) is 30.2 Å². The van der Waals surface area contributed by atoms with Gasteiger partial charge in [0.05, 0.1) is 17.4 Å². The third-order valence-corrected chi connectivity index (χ3v) is 9.43. The zero-order chi connectivity index (χ0) is 29.6. The SMILES string of the molecule is C[C@H]1CCN(C[C@@H]2c3c(OCc4nnn(C)c4C(F)F)ccc(Cl)c3CCN2C(=O)[C@@H]2CCC[C@]2(C)C(=O)O)C1=O. The van der Waals surface area contributed by atoms with Crippen LogP contribution in [0.2, 0.25) is 5.02 Å². The fourth-order valence-electron chi connectivity index (χ4n) is 6.59. The van der Waals surface area contributed by atoms with E-state index in [1.807, 2.05) is 6.92 Å². The predicted octanol–water partition coefficient (Wildman–Crippen LogP) is 4.17. The van der Waals surface area contributed by atoms with Crippen molar-refractivity contribution in [3.63, 3.8) is 0 Å². The van der Waals surface area contributed by atoms with Crippen molar-refractivity contribution in [2.24, 2.45) is 24.3 Å². The zero-order valence-electron chi connectivity index (χ0n) is 23.3. The van der Waals surface area contributed by atoms with E-state index in [2.05, 4.69) is 10.3 Å². The molecule has 0 spiro atoms. The Morgan fingerprint density at radius 3 is 2.68 bits per heavy atom. The maximum absolute atomic E-state index is 14.1. The van der Waals surface area contributed by atoms with E-state index in [1.54, 1.807) is 28.9 Å². The molecular formula is C28H34ClF2N5O5. The minimum atomic E-state index is -2.80. The van der Waals surface area contributed by atoms with Gasteiger partial charge in [0.25, 0.3) is 6.43 Å². The highest BCUT2D eigenvalue weighted by molar-refractivity contribution is 6.31. The molecule has 0 radical (unpaired) electrons. The van der Waals surface area contributed by atoms with E-state index in [4.69, 9.17) is 16.3 Å². The van der Waals surface area contributed by atoms with Crippen LogP contribution in [0.25, 0.3) is 0 Å². The molecule has 10 nitrogen and oxygen atoms in total. The number of carbonyl (C=O) groups excluding carboxylic acids is 2. The Kier molecular flexibility index (Phi) is 7.97. The molecule has 0 unspecified atom stereocenters. The number of carbonyl (C=O) groups is 3. The number of alkyl halides is 2. The van der Waals surface area contributed by atoms with Crippen molar-refractivity contribution in [1.82, 2.24) is 24.8 Å². The number of hydrogen-bond acceptors (Lipinski definition) is 6. The molecule has 1 saturated heterocycles. The van der Waals surface area contributed by atoms with Crippen LogP contribution in [0.3, 0.4) is 0 Å². The number of aromatic nitrogens is 3. The summed E-state index contributed by atoms with van der Waals surface area (Å²) < 4.78 is 34.4. The van der Waals surface area contributed by atoms with Crippen molar-refractivity contribution in [1.29, 1.82) is 0 Å². The molecule has 0 bridgehead atoms. The largest absolute Gasteiger partial charge is 0.487 e. The molecule has 222 valence electrons. The molecule has 1 saturated carbocycles. The number of aliphatic carboxylic acids is 1. The van der Waals surface area contributed by atoms with Gasteiger partial charge in [0.1, 0.15) is 23.7 Å². The zero-order valence-corrected chi connectivity index (χ0v) is 24.0. The molecule has 2 aromatic rings. The van der Waals surface area contributed by atoms with Crippen molar-refractivity contribution >= 4 is 29.4 Å². The third kappa shape index (κ3) is 5.15. The fraction of sp³-hybridized carbons (Fsp3) is 0.607. The molecule has 1 aromatic heterocycles. The number of benzene rings is 1. The highest BCUT2D eigenvalue weighted by Gasteiger charge is 2.51. The number of hydrogen-bond donors (Lipinski definition) is 1. The standard InChI is InChI=1S/C28H34ClF2N5O5/c1-15-8-11-35(25(15)37)13-20-22-16(9-12-36(20)26(38)17-5-4-10-28(17,2)27(39)40)18(29)6-7-21(22)41-14-19-23(24(30)31)34(3)33-32-19/h6-7,15,17,20,24H,4-5,8-14H2,1-3H3,(H,39,40)/t15-,17-,20+,28-/m0/s1. The number of halogens is 3. The lowest BCUT2D eigenvalue weighted by atomic mass is 9.78. The van der Waals surface area contributed by atoms with Crippen LogP contribution in [0, 0.1) is 17.3 Å². The first-order valence-electron chi connectivity index (χ1n) is 13.9. The van der Waals surface area contributed by atoms with Crippen molar-refractivity contribution in [2.75, 3.05) is 19.6 Å². The summed E-state index contributed by atoms with van der Waals surface area (Å²) in [6.45, 7) is 4.20. The monoisotopic (exact) mass is 593 g/mol. The number of ether oxygens (including phenoxy) is 1. The summed E-state index contributed by atoms with van der Waals surface area (Å²) in [5.74, 6) is -1.82. The van der Waals surface area contributed by atoms with E-state index in [-0.39, 0.29) is 42.3 Å². The van der Waals surface area contributed by atoms with Crippen molar-refractivity contribution in [3.05, 3.63) is 39.7 Å². The molecular weight excluding hydrogens is 560 g/mol. The number of likely N-dealkylation sites (tertiary alicyclic amines) is 1. The highest BCUT2D eigenvalue weighted by Crippen LogP contribution is 2.47. The van der Waals surface area contributed by atoms with E-state index in [0.717, 1.165) is 10.2 Å². The molecule has 3 heterocycles. The average Bonchev–Trinajstić information content (AvgIpc) is 3.61. The van der Waals surface area contributed by atoms with Gasteiger partial charge in [-0.15, -0.1) is 5.10 Å². The summed E-state index contributed by atoms with van der Waals surface area (Å²) in [6.07, 6.45) is -0.233. The van der Waals surface area contributed by atoms with E-state index in [0.29, 0.717) is 61.5 Å². The number of rotatable bonds is 8. The van der Waals surface area contributed by atoms with Gasteiger partial charge in [-0.2, -0.15) is 0 Å². The average molecular weight is 594 g/mol. The minimum absolute atomic E-state index is 0.0155. The van der Waals surface area contributed by atoms with Crippen LogP contribution in [0.15, 0.2) is 12.1 Å². The van der Waals surface area contributed by atoms with Gasteiger partial charge in [-0.3, -0.25) is 14.4 Å². The summed E-state index contributed by atoms with van der Waals surface area (Å²) in [4.78, 5) is 42.7. The lowest BCUT2D eigenvalue weighted by molar-refractivity contribution is -0.158. The minimum Gasteiger partial charge on any atom is -0.487 e. The number of carboxylic acid groups (broad SMARTS) is 1. The molecule has 1 aromatic carbocycles. The Balaban J connectivity index is 1.54. The van der Waals surface area contributed by atoms with E-state index >= 15 is 0 Å². The molecule has 3 aliphatic rings. The first kappa shape index (κ1) is 29.2. The van der Waals surface area contributed by atoms with Gasteiger partial charge in [0.2, 0.25) is 11.8 Å². The first-order chi connectivity index (χ1) is 19.4. The Labute approximate surface area is 241 Å². The lowest BCUT2D eigenvalue weighted by Crippen LogP contribution is -2.50. The van der Waals surface area contributed by atoms with Crippen molar-refractivity contribution in [2.45, 2.75) is 65.0 Å². The van der Waals surface area contributed by atoms with Crippen LogP contribution >= 0.6 is 11.6 Å². The van der Waals surface area contributed by atoms with Gasteiger partial charge >= 0.3 is 5.97 Å². The quantitative estimate of drug-likeness (QED) is 0.488. The summed E-state index contributed by atoms with van der Waals surface area (Å²) in [7, 11) is 1.38. The van der Waals surface area contributed by atoms with Gasteiger partial charge in [-0.05, 0) is 50.3 Å². The van der Waals surface area contributed by atoms with Crippen LogP contribution in [0.5, 0.6) is 5.75 Å². The van der Waals surface area contributed by atoms with Crippen molar-refractivity contribution < 1.29 is 33.0 Å². The van der Waals surface area contributed by atoms with Gasteiger partial charge < -0.3 is 19.6 Å². The molecule has 1 N–H and O–H groups in total. The Morgan fingerprint density at radius 1 is 1.27 bits per heavy atom. The van der Waals surface area contributed by atoms with E-state index in [9.17, 15) is 28.3 Å². The second-order valence-electron chi connectivity index (χ2n) is 11.5. The summed E-state index contributed by atoms with van der Waals surface area (Å²) in [6, 6.07) is 2.63. The molecule has 4 atom stereocenters. The Bertz CT molecular complexity index is 1370. The van der Waals surface area contributed by atoms with Crippen LogP contribution < -0.4 is 4.74 Å². The highest BCUT2D eigenvalue weighted by atomic mass is 35.5. The molecule has 1 aliphatic carbocycles. The van der Waals surface area contributed by atoms with Crippen LogP contribution in [-0.2, 0) is 34.5 Å². The number of carboxylic acids is 1. The summed E-state index contributed by atoms with van der Waals surface area (Å²) in [5, 5.41) is 18.0. The van der Waals surface area contributed by atoms with Crippen LogP contribution in [0.1, 0.15) is 74.5 Å². The molecule has 41 heavy (non-hydrogen) atoms. The van der Waals surface area contributed by atoms with Crippen LogP contribution in [-0.4, -0.2) is 67.3 Å². The van der Waals surface area contributed by atoms with E-state index in [1.165, 1.54) is 7.05 Å². The Hall–Kier alpha value is -3.28. The summed E-state index contributed by atoms with van der Waals surface area (Å²) >= 11 is 6.63. The third-order valence-electron chi connectivity index (χ3n) is 9.07. The van der Waals surface area contributed by atoms with Crippen molar-refractivity contribution in [3.8, 4) is 5.75 Å². The molecule has 2 amide bonds. The number of aryl methyl sites for hydroxylation is 1. The molecule has 13 heteroatoms. The number of amides is 2. The second kappa shape index (κ2) is 11.2. The maximum Gasteiger partial charge on any atom is 0.310 e. The maximum atomic E-state index is 14.1. The molecule has 5 rings (SSSR count). The first-order valence-corrected chi connectivity index (χ1v) is 14.2. The van der Waals surface area contributed by atoms with Gasteiger partial charge in [-0.25, -0.2) is 13.5 Å². The smallest absolute Gasteiger partial charge is 0.310 e. The summed E-state index contributed by atoms with van der Waals surface area (Å²) in [5.41, 5.74) is -0.212. The van der Waals surface area contributed by atoms with Crippen LogP contribution in [0.4, 0.5) is 8.78 Å². The lowest BCUT2D eigenvalue weighted by Gasteiger charge is -2.42. The number of fused-ring (bicyclic) bond motifs is 1. The number of nitrogens with zero attached hydrogens (tertiary/aromatic N) is 5. The topological polar surface area (TPSA) is 118 Å². The van der Waals surface area contributed by atoms with Gasteiger partial charge in [0, 0.05) is 43.2 Å². The molecule has 2 fully saturated rings. The fourth-order valence-corrected chi connectivity index (χ4v) is 6.85. The second-order valence-corrected chi connectivity index (χ2v) is 11.9.